The molecule has 5 heteroatoms. The highest BCUT2D eigenvalue weighted by atomic mass is 32.1. The molecule has 1 aromatic carbocycles. The maximum Gasteiger partial charge on any atom is 0.263 e. The van der Waals surface area contributed by atoms with Gasteiger partial charge in [0.05, 0.1) is 10.9 Å². The molecular weight excluding hydrogens is 344 g/mol. The van der Waals surface area contributed by atoms with Crippen LogP contribution in [0.25, 0.3) is 0 Å². The average molecular weight is 371 g/mol. The maximum absolute atomic E-state index is 12.7. The average Bonchev–Trinajstić information content (AvgIpc) is 3.17. The molecule has 2 amide bonds. The van der Waals surface area contributed by atoms with E-state index in [0.717, 1.165) is 17.7 Å². The number of rotatable bonds is 4. The molecule has 0 saturated carbocycles. The Morgan fingerprint density at radius 1 is 1.19 bits per heavy atom. The summed E-state index contributed by atoms with van der Waals surface area (Å²) in [6.45, 7) is 7.47. The van der Waals surface area contributed by atoms with Crippen LogP contribution in [0.4, 0.5) is 0 Å². The van der Waals surface area contributed by atoms with Crippen LogP contribution in [-0.4, -0.2) is 29.8 Å². The molecule has 1 aliphatic rings. The van der Waals surface area contributed by atoms with E-state index in [1.807, 2.05) is 29.3 Å². The fourth-order valence-corrected chi connectivity index (χ4v) is 4.23. The van der Waals surface area contributed by atoms with Crippen LogP contribution in [0.3, 0.4) is 0 Å². The zero-order valence-electron chi connectivity index (χ0n) is 15.6. The molecule has 0 radical (unpaired) electrons. The number of nitrogens with zero attached hydrogens (tertiary/aromatic N) is 1. The second-order valence-electron chi connectivity index (χ2n) is 7.13. The van der Waals surface area contributed by atoms with Gasteiger partial charge in [-0.25, -0.2) is 0 Å². The van der Waals surface area contributed by atoms with Gasteiger partial charge in [-0.3, -0.25) is 9.59 Å². The van der Waals surface area contributed by atoms with Gasteiger partial charge in [-0.05, 0) is 56.2 Å². The molecule has 1 atom stereocenters. The Hall–Kier alpha value is -2.14. The lowest BCUT2D eigenvalue weighted by Crippen LogP contribution is -2.43. The van der Waals surface area contributed by atoms with E-state index in [4.69, 9.17) is 0 Å². The fraction of sp³-hybridized carbons (Fsp3) is 0.429. The Balaban J connectivity index is 1.55. The second kappa shape index (κ2) is 8.04. The number of nitrogens with one attached hydrogen (secondary N) is 1. The van der Waals surface area contributed by atoms with Crippen LogP contribution in [0.1, 0.15) is 52.2 Å². The van der Waals surface area contributed by atoms with Crippen LogP contribution < -0.4 is 5.32 Å². The predicted octanol–water partition coefficient (Wildman–Crippen LogP) is 4.09. The standard InChI is InChI=1S/C21H26N2O2S/c1-14-6-7-15(2)18(13-14)16(3)22-20(24)17-8-10-23(11-9-17)21(25)19-5-4-12-26-19/h4-7,12-13,16-17H,8-11H2,1-3H3,(H,22,24)/t16-/m0/s1. The lowest BCUT2D eigenvalue weighted by Gasteiger charge is -2.31. The molecule has 1 fully saturated rings. The van der Waals surface area contributed by atoms with Crippen molar-refractivity contribution in [1.82, 2.24) is 10.2 Å². The van der Waals surface area contributed by atoms with E-state index in [9.17, 15) is 9.59 Å². The van der Waals surface area contributed by atoms with Crippen LogP contribution in [0.5, 0.6) is 0 Å². The van der Waals surface area contributed by atoms with Crippen molar-refractivity contribution in [2.24, 2.45) is 5.92 Å². The number of likely N-dealkylation sites (tertiary alicyclic amines) is 1. The topological polar surface area (TPSA) is 49.4 Å². The Morgan fingerprint density at radius 2 is 1.92 bits per heavy atom. The number of piperidine rings is 1. The smallest absolute Gasteiger partial charge is 0.263 e. The van der Waals surface area contributed by atoms with Gasteiger partial charge < -0.3 is 10.2 Å². The highest BCUT2D eigenvalue weighted by Crippen LogP contribution is 2.23. The molecule has 1 aromatic heterocycles. The first-order valence-electron chi connectivity index (χ1n) is 9.16. The van der Waals surface area contributed by atoms with E-state index in [1.165, 1.54) is 28.0 Å². The molecule has 0 aliphatic carbocycles. The van der Waals surface area contributed by atoms with Gasteiger partial charge in [0.1, 0.15) is 0 Å². The summed E-state index contributed by atoms with van der Waals surface area (Å²) in [4.78, 5) is 27.7. The van der Waals surface area contributed by atoms with E-state index in [1.54, 1.807) is 0 Å². The zero-order chi connectivity index (χ0) is 18.7. The number of hydrogen-bond donors (Lipinski definition) is 1. The number of carbonyl (C=O) groups excluding carboxylic acids is 2. The third kappa shape index (κ3) is 4.15. The first kappa shape index (κ1) is 18.6. The minimum absolute atomic E-state index is 0.00631. The Bertz CT molecular complexity index is 777. The summed E-state index contributed by atoms with van der Waals surface area (Å²) in [7, 11) is 0. The molecule has 0 bridgehead atoms. The van der Waals surface area contributed by atoms with Crippen LogP contribution >= 0.6 is 11.3 Å². The summed E-state index contributed by atoms with van der Waals surface area (Å²) >= 11 is 1.47. The summed E-state index contributed by atoms with van der Waals surface area (Å²) in [6, 6.07) is 10.1. The van der Waals surface area contributed by atoms with Crippen molar-refractivity contribution in [3.8, 4) is 0 Å². The molecular formula is C21H26N2O2S. The molecule has 0 spiro atoms. The minimum Gasteiger partial charge on any atom is -0.349 e. The quantitative estimate of drug-likeness (QED) is 0.881. The zero-order valence-corrected chi connectivity index (χ0v) is 16.4. The molecule has 3 rings (SSSR count). The number of carbonyl (C=O) groups is 2. The maximum atomic E-state index is 12.7. The van der Waals surface area contributed by atoms with Crippen LogP contribution in [0.2, 0.25) is 0 Å². The molecule has 2 heterocycles. The molecule has 1 saturated heterocycles. The van der Waals surface area contributed by atoms with E-state index >= 15 is 0 Å². The highest BCUT2D eigenvalue weighted by molar-refractivity contribution is 7.12. The van der Waals surface area contributed by atoms with Gasteiger partial charge in [0.25, 0.3) is 5.91 Å². The van der Waals surface area contributed by atoms with Crippen molar-refractivity contribution in [2.45, 2.75) is 39.7 Å². The Kier molecular flexibility index (Phi) is 5.77. The van der Waals surface area contributed by atoms with E-state index in [0.29, 0.717) is 13.1 Å². The molecule has 0 unspecified atom stereocenters. The Labute approximate surface area is 159 Å². The highest BCUT2D eigenvalue weighted by Gasteiger charge is 2.29. The van der Waals surface area contributed by atoms with E-state index in [2.05, 4.69) is 37.4 Å². The lowest BCUT2D eigenvalue weighted by molar-refractivity contribution is -0.126. The summed E-state index contributed by atoms with van der Waals surface area (Å²) in [5, 5.41) is 5.08. The summed E-state index contributed by atoms with van der Waals surface area (Å²) in [6.07, 6.45) is 1.45. The van der Waals surface area contributed by atoms with Crippen LogP contribution in [0, 0.1) is 19.8 Å². The third-order valence-corrected chi connectivity index (χ3v) is 6.00. The van der Waals surface area contributed by atoms with Crippen molar-refractivity contribution in [3.63, 3.8) is 0 Å². The number of amides is 2. The number of benzene rings is 1. The number of thiophene rings is 1. The van der Waals surface area contributed by atoms with Gasteiger partial charge in [0.2, 0.25) is 5.91 Å². The molecule has 138 valence electrons. The van der Waals surface area contributed by atoms with E-state index < -0.39 is 0 Å². The van der Waals surface area contributed by atoms with Gasteiger partial charge >= 0.3 is 0 Å². The summed E-state index contributed by atoms with van der Waals surface area (Å²) in [5.41, 5.74) is 3.57. The van der Waals surface area contributed by atoms with Crippen molar-refractivity contribution < 1.29 is 9.59 Å². The van der Waals surface area contributed by atoms with Crippen LogP contribution in [-0.2, 0) is 4.79 Å². The van der Waals surface area contributed by atoms with Gasteiger partial charge in [0, 0.05) is 19.0 Å². The summed E-state index contributed by atoms with van der Waals surface area (Å²) < 4.78 is 0. The first-order chi connectivity index (χ1) is 12.5. The Morgan fingerprint density at radius 3 is 2.58 bits per heavy atom. The summed E-state index contributed by atoms with van der Waals surface area (Å²) in [5.74, 6) is 0.166. The largest absolute Gasteiger partial charge is 0.349 e. The van der Waals surface area contributed by atoms with Crippen molar-refractivity contribution in [1.29, 1.82) is 0 Å². The molecule has 26 heavy (non-hydrogen) atoms. The number of hydrogen-bond acceptors (Lipinski definition) is 3. The van der Waals surface area contributed by atoms with Gasteiger partial charge in [-0.2, -0.15) is 0 Å². The monoisotopic (exact) mass is 370 g/mol. The number of aryl methyl sites for hydroxylation is 2. The molecule has 2 aromatic rings. The first-order valence-corrected chi connectivity index (χ1v) is 10.0. The second-order valence-corrected chi connectivity index (χ2v) is 8.08. The predicted molar refractivity (Wildman–Crippen MR) is 105 cm³/mol. The van der Waals surface area contributed by atoms with Gasteiger partial charge in [-0.15, -0.1) is 11.3 Å². The lowest BCUT2D eigenvalue weighted by atomic mass is 9.94. The third-order valence-electron chi connectivity index (χ3n) is 5.14. The van der Waals surface area contributed by atoms with Crippen molar-refractivity contribution >= 4 is 23.2 Å². The molecule has 4 nitrogen and oxygen atoms in total. The molecule has 1 aliphatic heterocycles. The van der Waals surface area contributed by atoms with Gasteiger partial charge in [-0.1, -0.05) is 29.8 Å². The minimum atomic E-state index is -0.0186. The SMILES string of the molecule is Cc1ccc(C)c([C@H](C)NC(=O)C2CCN(C(=O)c3cccs3)CC2)c1. The van der Waals surface area contributed by atoms with E-state index in [-0.39, 0.29) is 23.8 Å². The van der Waals surface area contributed by atoms with Crippen molar-refractivity contribution in [3.05, 3.63) is 57.3 Å². The van der Waals surface area contributed by atoms with Crippen LogP contribution in [0.15, 0.2) is 35.7 Å². The van der Waals surface area contributed by atoms with Gasteiger partial charge in [0.15, 0.2) is 0 Å². The van der Waals surface area contributed by atoms with Crippen molar-refractivity contribution in [2.75, 3.05) is 13.1 Å². The fourth-order valence-electron chi connectivity index (χ4n) is 3.54. The normalized spacial score (nSPS) is 16.3. The molecule has 1 N–H and O–H groups in total.